The molecule has 1 aliphatic rings. The van der Waals surface area contributed by atoms with E-state index in [2.05, 4.69) is 36.2 Å². The molecular weight excluding hydrogens is 493 g/mol. The first-order valence-corrected chi connectivity index (χ1v) is 11.3. The van der Waals surface area contributed by atoms with Crippen LogP contribution in [0.15, 0.2) is 46.9 Å². The van der Waals surface area contributed by atoms with Crippen LogP contribution in [-0.4, -0.2) is 34.2 Å². The molecule has 8 nitrogen and oxygen atoms in total. The van der Waals surface area contributed by atoms with Gasteiger partial charge < -0.3 is 14.8 Å². The maximum absolute atomic E-state index is 13.2. The van der Waals surface area contributed by atoms with Crippen LogP contribution in [0.5, 0.6) is 11.5 Å². The molecule has 0 bridgehead atoms. The standard InChI is InChI=1S/C21H19BrFN5O3.C2H6/c1-12(24-19-25-13(2)26-20(27-19)28-9-10-30-21(28)29)14-3-6-16(7-4-14)31-18-8-5-15(23)11-17(18)22;1-2/h3-8,11-12H,9-10H2,1-2H3,(H,24,25,26,27);1-2H3. The summed E-state index contributed by atoms with van der Waals surface area (Å²) in [7, 11) is 0. The minimum atomic E-state index is -0.465. The van der Waals surface area contributed by atoms with Gasteiger partial charge in [0, 0.05) is 0 Å². The molecule has 0 radical (unpaired) electrons. The van der Waals surface area contributed by atoms with Crippen LogP contribution < -0.4 is 15.0 Å². The van der Waals surface area contributed by atoms with Crippen LogP contribution >= 0.6 is 15.9 Å². The molecule has 0 spiro atoms. The minimum Gasteiger partial charge on any atom is -0.456 e. The van der Waals surface area contributed by atoms with E-state index >= 15 is 0 Å². The predicted molar refractivity (Wildman–Crippen MR) is 127 cm³/mol. The molecule has 0 saturated carbocycles. The van der Waals surface area contributed by atoms with Gasteiger partial charge in [-0.1, -0.05) is 26.0 Å². The molecule has 1 atom stereocenters. The van der Waals surface area contributed by atoms with E-state index < -0.39 is 6.09 Å². The van der Waals surface area contributed by atoms with Crippen molar-refractivity contribution >= 4 is 33.9 Å². The van der Waals surface area contributed by atoms with Gasteiger partial charge in [0.25, 0.3) is 0 Å². The summed E-state index contributed by atoms with van der Waals surface area (Å²) in [6, 6.07) is 11.6. The van der Waals surface area contributed by atoms with Crippen molar-refractivity contribution in [2.24, 2.45) is 0 Å². The van der Waals surface area contributed by atoms with Gasteiger partial charge in [-0.05, 0) is 65.7 Å². The van der Waals surface area contributed by atoms with E-state index in [-0.39, 0.29) is 17.8 Å². The lowest BCUT2D eigenvalue weighted by Crippen LogP contribution is -2.26. The van der Waals surface area contributed by atoms with Gasteiger partial charge in [-0.3, -0.25) is 0 Å². The van der Waals surface area contributed by atoms with E-state index in [1.165, 1.54) is 17.0 Å². The lowest BCUT2D eigenvalue weighted by Gasteiger charge is -2.17. The number of benzene rings is 2. The van der Waals surface area contributed by atoms with Crippen LogP contribution in [0, 0.1) is 12.7 Å². The Balaban J connectivity index is 0.00000149. The normalized spacial score (nSPS) is 13.6. The largest absolute Gasteiger partial charge is 0.456 e. The molecule has 1 aromatic heterocycles. The van der Waals surface area contributed by atoms with Gasteiger partial charge in [0.1, 0.15) is 29.7 Å². The van der Waals surface area contributed by atoms with Crippen LogP contribution in [0.2, 0.25) is 0 Å². The van der Waals surface area contributed by atoms with Gasteiger partial charge in [-0.25, -0.2) is 14.1 Å². The van der Waals surface area contributed by atoms with Crippen molar-refractivity contribution in [2.75, 3.05) is 23.4 Å². The molecule has 4 rings (SSSR count). The number of amides is 1. The van der Waals surface area contributed by atoms with Crippen molar-refractivity contribution in [2.45, 2.75) is 33.7 Å². The van der Waals surface area contributed by atoms with Crippen molar-refractivity contribution in [1.29, 1.82) is 0 Å². The molecule has 1 fully saturated rings. The van der Waals surface area contributed by atoms with Crippen LogP contribution in [0.3, 0.4) is 0 Å². The van der Waals surface area contributed by atoms with E-state index in [0.717, 1.165) is 5.56 Å². The number of hydrogen-bond acceptors (Lipinski definition) is 7. The quantitative estimate of drug-likeness (QED) is 0.426. The zero-order chi connectivity index (χ0) is 24.0. The number of anilines is 2. The number of nitrogens with one attached hydrogen (secondary N) is 1. The second kappa shape index (κ2) is 11.0. The van der Waals surface area contributed by atoms with Crippen LogP contribution in [0.1, 0.15) is 38.2 Å². The molecule has 1 N–H and O–H groups in total. The highest BCUT2D eigenvalue weighted by Gasteiger charge is 2.27. The molecular formula is C23H25BrFN5O3. The Morgan fingerprint density at radius 3 is 2.52 bits per heavy atom. The molecule has 33 heavy (non-hydrogen) atoms. The first-order chi connectivity index (χ1) is 15.9. The highest BCUT2D eigenvalue weighted by molar-refractivity contribution is 9.10. The third-order valence-corrected chi connectivity index (χ3v) is 5.20. The number of nitrogens with zero attached hydrogens (tertiary/aromatic N) is 4. The SMILES string of the molecule is CC.Cc1nc(NC(C)c2ccc(Oc3ccc(F)cc3Br)cc2)nc(N2CCOC2=O)n1. The lowest BCUT2D eigenvalue weighted by atomic mass is 10.1. The van der Waals surface area contributed by atoms with E-state index in [4.69, 9.17) is 9.47 Å². The fourth-order valence-electron chi connectivity index (χ4n) is 3.01. The van der Waals surface area contributed by atoms with Crippen molar-refractivity contribution in [3.63, 3.8) is 0 Å². The molecule has 174 valence electrons. The van der Waals surface area contributed by atoms with Crippen LogP contribution in [-0.2, 0) is 4.74 Å². The smallest absolute Gasteiger partial charge is 0.416 e. The number of carbonyl (C=O) groups excluding carboxylic acids is 1. The minimum absolute atomic E-state index is 0.119. The summed E-state index contributed by atoms with van der Waals surface area (Å²) in [6.45, 7) is 8.42. The molecule has 1 unspecified atom stereocenters. The third kappa shape index (κ3) is 6.16. The average Bonchev–Trinajstić information content (AvgIpc) is 3.23. The zero-order valence-electron chi connectivity index (χ0n) is 18.8. The summed E-state index contributed by atoms with van der Waals surface area (Å²) in [6.07, 6.45) is -0.465. The maximum atomic E-state index is 13.2. The molecule has 1 saturated heterocycles. The summed E-state index contributed by atoms with van der Waals surface area (Å²) in [4.78, 5) is 26.1. The van der Waals surface area contributed by atoms with Gasteiger partial charge in [0.05, 0.1) is 17.1 Å². The summed E-state index contributed by atoms with van der Waals surface area (Å²) < 4.78 is 24.5. The highest BCUT2D eigenvalue weighted by atomic mass is 79.9. The fraction of sp³-hybridized carbons (Fsp3) is 0.304. The van der Waals surface area contributed by atoms with Gasteiger partial charge >= 0.3 is 6.09 Å². The summed E-state index contributed by atoms with van der Waals surface area (Å²) >= 11 is 3.29. The highest BCUT2D eigenvalue weighted by Crippen LogP contribution is 2.31. The Bertz CT molecular complexity index is 1110. The number of carbonyl (C=O) groups is 1. The number of cyclic esters (lactones) is 1. The third-order valence-electron chi connectivity index (χ3n) is 4.59. The Hall–Kier alpha value is -3.27. The topological polar surface area (TPSA) is 89.5 Å². The van der Waals surface area contributed by atoms with Crippen LogP contribution in [0.25, 0.3) is 0 Å². The number of hydrogen-bond donors (Lipinski definition) is 1. The summed E-state index contributed by atoms with van der Waals surface area (Å²) in [5, 5.41) is 3.23. The number of rotatable bonds is 6. The Morgan fingerprint density at radius 1 is 1.15 bits per heavy atom. The Labute approximate surface area is 200 Å². The van der Waals surface area contributed by atoms with E-state index in [0.29, 0.717) is 40.9 Å². The van der Waals surface area contributed by atoms with Gasteiger partial charge in [0.2, 0.25) is 11.9 Å². The average molecular weight is 518 g/mol. The Morgan fingerprint density at radius 2 is 1.88 bits per heavy atom. The van der Waals surface area contributed by atoms with Crippen LogP contribution in [0.4, 0.5) is 21.1 Å². The van der Waals surface area contributed by atoms with Gasteiger partial charge in [-0.2, -0.15) is 15.0 Å². The predicted octanol–water partition coefficient (Wildman–Crippen LogP) is 6.03. The second-order valence-electron chi connectivity index (χ2n) is 6.88. The molecule has 0 aliphatic carbocycles. The van der Waals surface area contributed by atoms with E-state index in [9.17, 15) is 9.18 Å². The molecule has 3 aromatic rings. The number of aryl methyl sites for hydroxylation is 1. The number of halogens is 2. The Kier molecular flexibility index (Phi) is 8.16. The van der Waals surface area contributed by atoms with Crippen molar-refractivity contribution in [3.05, 3.63) is 64.1 Å². The fourth-order valence-corrected chi connectivity index (χ4v) is 3.45. The molecule has 2 heterocycles. The first kappa shape index (κ1) is 24.4. The van der Waals surface area contributed by atoms with E-state index in [1.54, 1.807) is 13.0 Å². The number of ether oxygens (including phenoxy) is 2. The number of aromatic nitrogens is 3. The van der Waals surface area contributed by atoms with Gasteiger partial charge in [-0.15, -0.1) is 0 Å². The van der Waals surface area contributed by atoms with Crippen molar-refractivity contribution < 1.29 is 18.7 Å². The molecule has 2 aromatic carbocycles. The van der Waals surface area contributed by atoms with Crippen molar-refractivity contribution in [1.82, 2.24) is 15.0 Å². The van der Waals surface area contributed by atoms with Gasteiger partial charge in [0.15, 0.2) is 0 Å². The maximum Gasteiger partial charge on any atom is 0.416 e. The second-order valence-corrected chi connectivity index (χ2v) is 7.74. The molecule has 10 heteroatoms. The summed E-state index contributed by atoms with van der Waals surface area (Å²) in [5.74, 6) is 1.92. The van der Waals surface area contributed by atoms with Crippen molar-refractivity contribution in [3.8, 4) is 11.5 Å². The monoisotopic (exact) mass is 517 g/mol. The summed E-state index contributed by atoms with van der Waals surface area (Å²) in [5.41, 5.74) is 0.978. The first-order valence-electron chi connectivity index (χ1n) is 10.6. The molecule has 1 amide bonds. The van der Waals surface area contributed by atoms with E-state index in [1.807, 2.05) is 45.0 Å². The molecule has 1 aliphatic heterocycles. The lowest BCUT2D eigenvalue weighted by molar-refractivity contribution is 0.181. The zero-order valence-corrected chi connectivity index (χ0v) is 20.4.